The maximum Gasteiger partial charge on any atom is 0.246 e. The molecule has 0 saturated heterocycles. The van der Waals surface area contributed by atoms with Gasteiger partial charge < -0.3 is 14.6 Å². The van der Waals surface area contributed by atoms with Crippen molar-refractivity contribution >= 4 is 5.91 Å². The number of carbonyl (C=O) groups excluding carboxylic acids is 1. The lowest BCUT2D eigenvalue weighted by Crippen LogP contribution is -2.42. The fourth-order valence-electron chi connectivity index (χ4n) is 2.97. The summed E-state index contributed by atoms with van der Waals surface area (Å²) >= 11 is 0. The normalized spacial score (nSPS) is 16.8. The van der Waals surface area contributed by atoms with Gasteiger partial charge in [0.1, 0.15) is 12.4 Å². The third kappa shape index (κ3) is 4.42. The van der Waals surface area contributed by atoms with E-state index in [1.807, 2.05) is 31.3 Å². The van der Waals surface area contributed by atoms with Crippen molar-refractivity contribution < 1.29 is 9.53 Å². The first-order valence-electron chi connectivity index (χ1n) is 8.14. The molecule has 0 unspecified atom stereocenters. The molecule has 0 aliphatic carbocycles. The lowest BCUT2D eigenvalue weighted by atomic mass is 10.1. The van der Waals surface area contributed by atoms with E-state index in [1.54, 1.807) is 0 Å². The standard InChI is InChI=1S/C18H23N3O2/c1-14-11-21-12-16(7-8-17(21)19-14)20-18(22)13-23-10-9-15-5-3-2-4-6-15/h2-6,11,16H,7-10,12-13H2,1H3,(H,20,22)/t16-/m0/s1. The van der Waals surface area contributed by atoms with E-state index < -0.39 is 0 Å². The molecule has 0 bridgehead atoms. The van der Waals surface area contributed by atoms with Gasteiger partial charge in [0.2, 0.25) is 5.91 Å². The van der Waals surface area contributed by atoms with E-state index in [1.165, 1.54) is 5.56 Å². The molecule has 1 N–H and O–H groups in total. The molecular formula is C18H23N3O2. The molecule has 1 aromatic heterocycles. The van der Waals surface area contributed by atoms with Gasteiger partial charge in [0.05, 0.1) is 12.3 Å². The van der Waals surface area contributed by atoms with Gasteiger partial charge in [0.25, 0.3) is 0 Å². The number of nitrogens with zero attached hydrogens (tertiary/aromatic N) is 2. The summed E-state index contributed by atoms with van der Waals surface area (Å²) < 4.78 is 7.62. The number of carbonyl (C=O) groups is 1. The first-order chi connectivity index (χ1) is 11.2. The Kier molecular flexibility index (Phi) is 5.08. The van der Waals surface area contributed by atoms with Gasteiger partial charge >= 0.3 is 0 Å². The van der Waals surface area contributed by atoms with Crippen molar-refractivity contribution in [2.24, 2.45) is 0 Å². The number of benzene rings is 1. The van der Waals surface area contributed by atoms with E-state index >= 15 is 0 Å². The predicted octanol–water partition coefficient (Wildman–Crippen LogP) is 1.88. The lowest BCUT2D eigenvalue weighted by molar-refractivity contribution is -0.126. The summed E-state index contributed by atoms with van der Waals surface area (Å²) in [6.45, 7) is 3.48. The van der Waals surface area contributed by atoms with Crippen LogP contribution in [0.2, 0.25) is 0 Å². The molecule has 0 fully saturated rings. The molecular weight excluding hydrogens is 290 g/mol. The summed E-state index contributed by atoms with van der Waals surface area (Å²) in [7, 11) is 0. The van der Waals surface area contributed by atoms with E-state index in [0.717, 1.165) is 37.3 Å². The van der Waals surface area contributed by atoms with E-state index in [9.17, 15) is 4.79 Å². The minimum Gasteiger partial charge on any atom is -0.371 e. The second-order valence-electron chi connectivity index (χ2n) is 6.04. The number of rotatable bonds is 6. The highest BCUT2D eigenvalue weighted by Gasteiger charge is 2.21. The molecule has 122 valence electrons. The second-order valence-corrected chi connectivity index (χ2v) is 6.04. The Bertz CT molecular complexity index is 652. The Balaban J connectivity index is 1.37. The fraction of sp³-hybridized carbons (Fsp3) is 0.444. The SMILES string of the molecule is Cc1cn2c(n1)CC[C@H](NC(=O)COCCc1ccccc1)C2. The zero-order chi connectivity index (χ0) is 16.1. The van der Waals surface area contributed by atoms with Crippen LogP contribution in [0.15, 0.2) is 36.5 Å². The van der Waals surface area contributed by atoms with Crippen LogP contribution >= 0.6 is 0 Å². The smallest absolute Gasteiger partial charge is 0.246 e. The number of nitrogens with one attached hydrogen (secondary N) is 1. The van der Waals surface area contributed by atoms with Crippen LogP contribution in [0, 0.1) is 6.92 Å². The number of imidazole rings is 1. The van der Waals surface area contributed by atoms with Crippen molar-refractivity contribution in [2.45, 2.75) is 38.8 Å². The Morgan fingerprint density at radius 1 is 1.39 bits per heavy atom. The second kappa shape index (κ2) is 7.42. The van der Waals surface area contributed by atoms with E-state index in [0.29, 0.717) is 6.61 Å². The van der Waals surface area contributed by atoms with Gasteiger partial charge in [-0.1, -0.05) is 30.3 Å². The number of hydrogen-bond acceptors (Lipinski definition) is 3. The summed E-state index contributed by atoms with van der Waals surface area (Å²) in [6.07, 6.45) is 4.72. The molecule has 23 heavy (non-hydrogen) atoms. The molecule has 1 atom stereocenters. The number of fused-ring (bicyclic) bond motifs is 1. The highest BCUT2D eigenvalue weighted by atomic mass is 16.5. The van der Waals surface area contributed by atoms with Crippen LogP contribution in [0.25, 0.3) is 0 Å². The van der Waals surface area contributed by atoms with Crippen molar-refractivity contribution in [3.05, 3.63) is 53.6 Å². The summed E-state index contributed by atoms with van der Waals surface area (Å²) in [5.74, 6) is 1.08. The fourth-order valence-corrected chi connectivity index (χ4v) is 2.97. The molecule has 5 heteroatoms. The maximum absolute atomic E-state index is 12.0. The van der Waals surface area contributed by atoms with Crippen LogP contribution in [0.3, 0.4) is 0 Å². The molecule has 1 aliphatic heterocycles. The van der Waals surface area contributed by atoms with Crippen LogP contribution in [0.1, 0.15) is 23.5 Å². The number of aromatic nitrogens is 2. The van der Waals surface area contributed by atoms with Crippen molar-refractivity contribution in [2.75, 3.05) is 13.2 Å². The topological polar surface area (TPSA) is 56.2 Å². The Morgan fingerprint density at radius 2 is 2.22 bits per heavy atom. The van der Waals surface area contributed by atoms with Crippen LogP contribution in [0.5, 0.6) is 0 Å². The van der Waals surface area contributed by atoms with E-state index in [2.05, 4.69) is 27.0 Å². The van der Waals surface area contributed by atoms with Gasteiger partial charge in [-0.15, -0.1) is 0 Å². The number of hydrogen-bond donors (Lipinski definition) is 1. The summed E-state index contributed by atoms with van der Waals surface area (Å²) in [5, 5.41) is 3.06. The minimum absolute atomic E-state index is 0.0386. The van der Waals surface area contributed by atoms with Crippen molar-refractivity contribution in [3.8, 4) is 0 Å². The maximum atomic E-state index is 12.0. The van der Waals surface area contributed by atoms with Crippen molar-refractivity contribution in [1.29, 1.82) is 0 Å². The minimum atomic E-state index is -0.0386. The third-order valence-corrected chi connectivity index (χ3v) is 4.09. The molecule has 5 nitrogen and oxygen atoms in total. The number of ether oxygens (including phenoxy) is 1. The Labute approximate surface area is 136 Å². The van der Waals surface area contributed by atoms with Gasteiger partial charge in [-0.3, -0.25) is 4.79 Å². The van der Waals surface area contributed by atoms with Gasteiger partial charge in [-0.25, -0.2) is 4.98 Å². The highest BCUT2D eigenvalue weighted by Crippen LogP contribution is 2.14. The lowest BCUT2D eigenvalue weighted by Gasteiger charge is -2.24. The Morgan fingerprint density at radius 3 is 3.04 bits per heavy atom. The van der Waals surface area contributed by atoms with Gasteiger partial charge in [-0.2, -0.15) is 0 Å². The van der Waals surface area contributed by atoms with E-state index in [4.69, 9.17) is 4.74 Å². The Hall–Kier alpha value is -2.14. The zero-order valence-corrected chi connectivity index (χ0v) is 13.5. The summed E-state index contributed by atoms with van der Waals surface area (Å²) in [5.41, 5.74) is 2.26. The molecule has 3 rings (SSSR count). The monoisotopic (exact) mass is 313 g/mol. The predicted molar refractivity (Wildman–Crippen MR) is 88.2 cm³/mol. The summed E-state index contributed by atoms with van der Waals surface area (Å²) in [6, 6.07) is 10.3. The van der Waals surface area contributed by atoms with Crippen LogP contribution in [-0.4, -0.2) is 34.7 Å². The first kappa shape index (κ1) is 15.7. The molecule has 1 amide bonds. The van der Waals surface area contributed by atoms with E-state index in [-0.39, 0.29) is 18.6 Å². The first-order valence-corrected chi connectivity index (χ1v) is 8.14. The number of aryl methyl sites for hydroxylation is 2. The number of amides is 1. The zero-order valence-electron chi connectivity index (χ0n) is 13.5. The van der Waals surface area contributed by atoms with Crippen LogP contribution in [-0.2, 0) is 28.9 Å². The van der Waals surface area contributed by atoms with Crippen LogP contribution in [0.4, 0.5) is 0 Å². The van der Waals surface area contributed by atoms with Gasteiger partial charge in [0.15, 0.2) is 0 Å². The van der Waals surface area contributed by atoms with Gasteiger partial charge in [-0.05, 0) is 25.3 Å². The molecule has 1 aliphatic rings. The molecule has 0 spiro atoms. The molecule has 2 heterocycles. The average Bonchev–Trinajstić information content (AvgIpc) is 2.92. The largest absolute Gasteiger partial charge is 0.371 e. The highest BCUT2D eigenvalue weighted by molar-refractivity contribution is 5.77. The average molecular weight is 313 g/mol. The van der Waals surface area contributed by atoms with Crippen molar-refractivity contribution in [1.82, 2.24) is 14.9 Å². The van der Waals surface area contributed by atoms with Crippen LogP contribution < -0.4 is 5.32 Å². The molecule has 2 aromatic rings. The quantitative estimate of drug-likeness (QED) is 0.829. The molecule has 0 saturated carbocycles. The summed E-state index contributed by atoms with van der Waals surface area (Å²) in [4.78, 5) is 16.5. The third-order valence-electron chi connectivity index (χ3n) is 4.09. The molecule has 0 radical (unpaired) electrons. The van der Waals surface area contributed by atoms with Crippen molar-refractivity contribution in [3.63, 3.8) is 0 Å². The van der Waals surface area contributed by atoms with Gasteiger partial charge in [0, 0.05) is 25.2 Å². The molecule has 1 aromatic carbocycles.